The van der Waals surface area contributed by atoms with Crippen LogP contribution in [0.15, 0.2) is 53.7 Å². The Morgan fingerprint density at radius 2 is 2.00 bits per heavy atom. The lowest BCUT2D eigenvalue weighted by Gasteiger charge is -2.27. The molecule has 0 saturated heterocycles. The molecule has 0 aliphatic heterocycles. The lowest BCUT2D eigenvalue weighted by molar-refractivity contribution is 0.104. The van der Waals surface area contributed by atoms with Crippen LogP contribution in [0, 0.1) is 5.41 Å². The summed E-state index contributed by atoms with van der Waals surface area (Å²) in [6, 6.07) is 9.90. The van der Waals surface area contributed by atoms with Crippen molar-refractivity contribution < 1.29 is 5.11 Å². The maximum Gasteiger partial charge on any atom is 0.329 e. The lowest BCUT2D eigenvalue weighted by atomic mass is 9.92. The van der Waals surface area contributed by atoms with Gasteiger partial charge in [0.1, 0.15) is 0 Å². The number of imidazole rings is 1. The highest BCUT2D eigenvalue weighted by Gasteiger charge is 2.26. The highest BCUT2D eigenvalue weighted by molar-refractivity contribution is 6.07. The van der Waals surface area contributed by atoms with Gasteiger partial charge in [-0.2, -0.15) is 0 Å². The fraction of sp³-hybridized carbons (Fsp3) is 0.308. The van der Waals surface area contributed by atoms with Crippen LogP contribution in [0.4, 0.5) is 0 Å². The second-order valence-electron chi connectivity index (χ2n) is 8.87. The minimum absolute atomic E-state index is 0.0336. The summed E-state index contributed by atoms with van der Waals surface area (Å²) in [7, 11) is 3.57. The van der Waals surface area contributed by atoms with Crippen LogP contribution in [0.2, 0.25) is 0 Å². The van der Waals surface area contributed by atoms with Crippen molar-refractivity contribution in [3.63, 3.8) is 0 Å². The van der Waals surface area contributed by atoms with Crippen LogP contribution >= 0.6 is 0 Å². The molecule has 1 aliphatic carbocycles. The predicted molar refractivity (Wildman–Crippen MR) is 135 cm³/mol. The molecule has 2 atom stereocenters. The number of allylic oxidation sites excluding steroid dienone is 1. The number of nitrogens with zero attached hydrogens (tertiary/aromatic N) is 4. The van der Waals surface area contributed by atoms with Crippen molar-refractivity contribution >= 4 is 33.7 Å². The molecule has 2 unspecified atom stereocenters. The van der Waals surface area contributed by atoms with Gasteiger partial charge in [-0.05, 0) is 49.4 Å². The van der Waals surface area contributed by atoms with Gasteiger partial charge in [0.05, 0.1) is 34.5 Å². The minimum Gasteiger partial charge on any atom is -0.393 e. The Balaban J connectivity index is 1.66. The number of aliphatic hydroxyl groups is 1. The Morgan fingerprint density at radius 1 is 1.18 bits per heavy atom. The van der Waals surface area contributed by atoms with Crippen molar-refractivity contribution in [3.8, 4) is 11.1 Å². The number of aromatic nitrogens is 4. The molecule has 3 N–H and O–H groups in total. The predicted octanol–water partition coefficient (Wildman–Crippen LogP) is 3.64. The van der Waals surface area contributed by atoms with E-state index in [0.717, 1.165) is 52.3 Å². The van der Waals surface area contributed by atoms with Gasteiger partial charge in [-0.1, -0.05) is 12.1 Å². The third kappa shape index (κ3) is 3.70. The van der Waals surface area contributed by atoms with E-state index in [1.165, 1.54) is 6.21 Å². The number of hydrogen-bond acceptors (Lipinski definition) is 6. The molecule has 174 valence electrons. The maximum absolute atomic E-state index is 13.3. The average Bonchev–Trinajstić information content (AvgIpc) is 3.12. The van der Waals surface area contributed by atoms with Crippen molar-refractivity contribution in [2.45, 2.75) is 37.8 Å². The monoisotopic (exact) mass is 456 g/mol. The number of aryl methyl sites for hydroxylation is 1. The smallest absolute Gasteiger partial charge is 0.329 e. The molecule has 3 heterocycles. The molecule has 1 aliphatic rings. The van der Waals surface area contributed by atoms with Gasteiger partial charge in [0.2, 0.25) is 0 Å². The number of rotatable bonds is 5. The van der Waals surface area contributed by atoms with E-state index in [1.807, 2.05) is 28.8 Å². The number of benzene rings is 1. The Hall–Kier alpha value is -3.78. The van der Waals surface area contributed by atoms with Gasteiger partial charge < -0.3 is 15.8 Å². The topological polar surface area (TPSA) is 109 Å². The number of aliphatic hydroxyl groups excluding tert-OH is 1. The van der Waals surface area contributed by atoms with Gasteiger partial charge in [0, 0.05) is 55.3 Å². The summed E-state index contributed by atoms with van der Waals surface area (Å²) in [5, 5.41) is 21.7. The fourth-order valence-electron chi connectivity index (χ4n) is 5.00. The normalized spacial score (nSPS) is 19.0. The Labute approximate surface area is 197 Å². The van der Waals surface area contributed by atoms with Crippen LogP contribution in [-0.2, 0) is 7.05 Å². The summed E-state index contributed by atoms with van der Waals surface area (Å²) >= 11 is 0. The van der Waals surface area contributed by atoms with Crippen molar-refractivity contribution in [2.75, 3.05) is 7.05 Å². The Bertz CT molecular complexity index is 1460. The quantitative estimate of drug-likeness (QED) is 0.397. The lowest BCUT2D eigenvalue weighted by Crippen LogP contribution is -2.30. The molecule has 1 fully saturated rings. The number of pyridine rings is 2. The fourth-order valence-corrected chi connectivity index (χ4v) is 5.00. The molecule has 34 heavy (non-hydrogen) atoms. The van der Waals surface area contributed by atoms with E-state index in [-0.39, 0.29) is 17.8 Å². The molecular weight excluding hydrogens is 428 g/mol. The largest absolute Gasteiger partial charge is 0.393 e. The summed E-state index contributed by atoms with van der Waals surface area (Å²) in [4.78, 5) is 22.4. The minimum atomic E-state index is -0.378. The number of nitrogens with one attached hydrogen (secondary N) is 2. The second kappa shape index (κ2) is 8.87. The first-order valence-corrected chi connectivity index (χ1v) is 11.5. The molecule has 5 rings (SSSR count). The first-order valence-electron chi connectivity index (χ1n) is 11.5. The second-order valence-corrected chi connectivity index (χ2v) is 8.87. The molecule has 0 radical (unpaired) electrons. The van der Waals surface area contributed by atoms with E-state index in [2.05, 4.69) is 21.4 Å². The van der Waals surface area contributed by atoms with E-state index in [9.17, 15) is 9.90 Å². The molecule has 1 aromatic carbocycles. The number of hydrogen-bond donors (Lipinski definition) is 3. The molecule has 0 spiro atoms. The molecule has 8 nitrogen and oxygen atoms in total. The zero-order valence-corrected chi connectivity index (χ0v) is 19.3. The first-order chi connectivity index (χ1) is 16.5. The zero-order chi connectivity index (χ0) is 23.8. The van der Waals surface area contributed by atoms with Gasteiger partial charge in [0.25, 0.3) is 0 Å². The Kier molecular flexibility index (Phi) is 5.75. The SMILES string of the molecule is CN/C=C(\C=N)c1ccc(-c2ccc3ncc4c(c3c2)n(C2CCCC(O)C2)c(=O)n4C)cn1. The zero-order valence-electron chi connectivity index (χ0n) is 19.3. The van der Waals surface area contributed by atoms with Crippen LogP contribution in [0.3, 0.4) is 0 Å². The number of fused-ring (bicyclic) bond motifs is 3. The molecule has 1 saturated carbocycles. The van der Waals surface area contributed by atoms with Gasteiger partial charge in [0.15, 0.2) is 0 Å². The molecule has 8 heteroatoms. The van der Waals surface area contributed by atoms with Crippen molar-refractivity contribution in [2.24, 2.45) is 7.05 Å². The van der Waals surface area contributed by atoms with Crippen LogP contribution < -0.4 is 11.0 Å². The summed E-state index contributed by atoms with van der Waals surface area (Å²) in [5.41, 5.74) is 5.72. The van der Waals surface area contributed by atoms with Crippen LogP contribution in [0.1, 0.15) is 37.4 Å². The first kappa shape index (κ1) is 22.0. The van der Waals surface area contributed by atoms with Crippen molar-refractivity contribution in [1.29, 1.82) is 5.41 Å². The molecule has 3 aromatic heterocycles. The van der Waals surface area contributed by atoms with Crippen LogP contribution in [-0.4, -0.2) is 43.6 Å². The summed E-state index contributed by atoms with van der Waals surface area (Å²) in [6.07, 6.45) is 9.35. The van der Waals surface area contributed by atoms with E-state index in [0.29, 0.717) is 17.7 Å². The van der Waals surface area contributed by atoms with E-state index < -0.39 is 0 Å². The third-order valence-electron chi connectivity index (χ3n) is 6.75. The highest BCUT2D eigenvalue weighted by atomic mass is 16.3. The average molecular weight is 457 g/mol. The van der Waals surface area contributed by atoms with E-state index in [4.69, 9.17) is 5.41 Å². The highest BCUT2D eigenvalue weighted by Crippen LogP contribution is 2.34. The van der Waals surface area contributed by atoms with Gasteiger partial charge >= 0.3 is 5.69 Å². The van der Waals surface area contributed by atoms with Gasteiger partial charge in [-0.15, -0.1) is 0 Å². The van der Waals surface area contributed by atoms with Gasteiger partial charge in [-0.25, -0.2) is 4.79 Å². The van der Waals surface area contributed by atoms with Crippen LogP contribution in [0.25, 0.3) is 38.6 Å². The summed E-state index contributed by atoms with van der Waals surface area (Å²) in [5.74, 6) is 0. The molecule has 0 bridgehead atoms. The molecular formula is C26H28N6O2. The summed E-state index contributed by atoms with van der Waals surface area (Å²) in [6.45, 7) is 0. The third-order valence-corrected chi connectivity index (χ3v) is 6.75. The Morgan fingerprint density at radius 3 is 2.71 bits per heavy atom. The van der Waals surface area contributed by atoms with Gasteiger partial charge in [-0.3, -0.25) is 19.1 Å². The van der Waals surface area contributed by atoms with E-state index >= 15 is 0 Å². The summed E-state index contributed by atoms with van der Waals surface area (Å²) < 4.78 is 3.52. The molecule has 0 amide bonds. The van der Waals surface area contributed by atoms with E-state index in [1.54, 1.807) is 37.3 Å². The van der Waals surface area contributed by atoms with Crippen LogP contribution in [0.5, 0.6) is 0 Å². The van der Waals surface area contributed by atoms with Crippen molar-refractivity contribution in [1.82, 2.24) is 24.4 Å². The van der Waals surface area contributed by atoms with Crippen molar-refractivity contribution in [3.05, 3.63) is 65.1 Å². The molecule has 4 aromatic rings. The standard InChI is InChI=1S/C26H28N6O2/c1-28-13-18(12-27)22-8-7-17(14-29-22)16-6-9-23-21(10-16)25-24(15-30-23)31(2)26(34)32(25)19-4-3-5-20(33)11-19/h6-10,12-15,19-20,27-28,33H,3-5,11H2,1-2H3/b18-13+,27-12?. The maximum atomic E-state index is 13.3.